The number of rotatable bonds is 2. The molecule has 1 aromatic carbocycles. The number of alkyl halides is 3. The molecule has 0 saturated carbocycles. The molecule has 2 nitrogen and oxygen atoms in total. The number of halogens is 6. The molecular weight excluding hydrogens is 335 g/mol. The first-order valence-corrected chi connectivity index (χ1v) is 6.36. The van der Waals surface area contributed by atoms with Crippen molar-refractivity contribution in [1.29, 1.82) is 0 Å². The average Bonchev–Trinajstić information content (AvgIpc) is 2.35. The third kappa shape index (κ3) is 3.48. The van der Waals surface area contributed by atoms with Gasteiger partial charge < -0.3 is 5.32 Å². The summed E-state index contributed by atoms with van der Waals surface area (Å²) in [5.41, 5.74) is -0.345. The second-order valence-electron chi connectivity index (χ2n) is 3.79. The Balaban J connectivity index is 2.25. The van der Waals surface area contributed by atoms with E-state index in [0.29, 0.717) is 5.69 Å². The van der Waals surface area contributed by atoms with E-state index in [9.17, 15) is 13.2 Å². The number of aromatic nitrogens is 1. The van der Waals surface area contributed by atoms with Crippen LogP contribution in [0.15, 0.2) is 30.3 Å². The molecule has 0 aliphatic carbocycles. The van der Waals surface area contributed by atoms with Gasteiger partial charge in [0.25, 0.3) is 0 Å². The summed E-state index contributed by atoms with van der Waals surface area (Å²) in [6.07, 6.45) is -4.38. The van der Waals surface area contributed by atoms with Gasteiger partial charge in [-0.2, -0.15) is 13.2 Å². The predicted molar refractivity (Wildman–Crippen MR) is 74.0 cm³/mol. The van der Waals surface area contributed by atoms with Gasteiger partial charge in [0.15, 0.2) is 5.82 Å². The van der Waals surface area contributed by atoms with Crippen molar-refractivity contribution in [1.82, 2.24) is 4.98 Å². The third-order valence-electron chi connectivity index (χ3n) is 2.36. The Labute approximate surface area is 127 Å². The van der Waals surface area contributed by atoms with E-state index in [-0.39, 0.29) is 21.0 Å². The zero-order chi connectivity index (χ0) is 14.9. The Morgan fingerprint density at radius 2 is 1.55 bits per heavy atom. The molecule has 0 unspecified atom stereocenters. The van der Waals surface area contributed by atoms with Gasteiger partial charge in [0.2, 0.25) is 0 Å². The van der Waals surface area contributed by atoms with Crippen LogP contribution in [0.4, 0.5) is 24.7 Å². The molecule has 8 heteroatoms. The summed E-state index contributed by atoms with van der Waals surface area (Å²) in [6, 6.07) is 5.83. The summed E-state index contributed by atoms with van der Waals surface area (Å²) in [4.78, 5) is 3.91. The quantitative estimate of drug-likeness (QED) is 0.698. The largest absolute Gasteiger partial charge is 0.416 e. The van der Waals surface area contributed by atoms with Gasteiger partial charge in [-0.25, -0.2) is 4.98 Å². The number of hydrogen-bond acceptors (Lipinski definition) is 2. The van der Waals surface area contributed by atoms with E-state index in [2.05, 4.69) is 10.3 Å². The maximum absolute atomic E-state index is 12.4. The molecule has 0 spiro atoms. The van der Waals surface area contributed by atoms with Crippen molar-refractivity contribution >= 4 is 46.3 Å². The fourth-order valence-electron chi connectivity index (χ4n) is 1.41. The van der Waals surface area contributed by atoms with E-state index in [1.807, 2.05) is 0 Å². The Morgan fingerprint density at radius 1 is 0.950 bits per heavy atom. The smallest absolute Gasteiger partial charge is 0.339 e. The molecule has 0 fully saturated rings. The van der Waals surface area contributed by atoms with Crippen LogP contribution in [0.25, 0.3) is 0 Å². The van der Waals surface area contributed by atoms with Crippen molar-refractivity contribution in [2.75, 3.05) is 5.32 Å². The summed E-state index contributed by atoms with van der Waals surface area (Å²) in [6.45, 7) is 0. The van der Waals surface area contributed by atoms with E-state index in [1.165, 1.54) is 18.2 Å². The standard InChI is InChI=1S/C12H6Cl3F3N2/c13-8-5-9(14)11(20-10(8)15)19-7-3-1-6(2-4-7)12(16,17)18/h1-5H,(H,19,20). The van der Waals surface area contributed by atoms with Crippen molar-refractivity contribution in [3.63, 3.8) is 0 Å². The summed E-state index contributed by atoms with van der Waals surface area (Å²) in [5, 5.41) is 3.21. The van der Waals surface area contributed by atoms with Gasteiger partial charge in [-0.1, -0.05) is 34.8 Å². The lowest BCUT2D eigenvalue weighted by Gasteiger charge is -2.10. The maximum Gasteiger partial charge on any atom is 0.416 e. The van der Waals surface area contributed by atoms with Crippen LogP contribution in [0, 0.1) is 0 Å². The predicted octanol–water partition coefficient (Wildman–Crippen LogP) is 5.80. The molecule has 0 amide bonds. The van der Waals surface area contributed by atoms with Crippen molar-refractivity contribution in [3.05, 3.63) is 51.1 Å². The van der Waals surface area contributed by atoms with Gasteiger partial charge in [0.05, 0.1) is 15.6 Å². The zero-order valence-electron chi connectivity index (χ0n) is 9.60. The van der Waals surface area contributed by atoms with E-state index in [0.717, 1.165) is 12.1 Å². The molecule has 20 heavy (non-hydrogen) atoms. The number of hydrogen-bond donors (Lipinski definition) is 1. The molecule has 1 aromatic heterocycles. The highest BCUT2D eigenvalue weighted by atomic mass is 35.5. The monoisotopic (exact) mass is 340 g/mol. The van der Waals surface area contributed by atoms with Crippen LogP contribution in [0.2, 0.25) is 15.2 Å². The lowest BCUT2D eigenvalue weighted by Crippen LogP contribution is -2.04. The molecule has 0 bridgehead atoms. The van der Waals surface area contributed by atoms with E-state index >= 15 is 0 Å². The van der Waals surface area contributed by atoms with Gasteiger partial charge in [-0.3, -0.25) is 0 Å². The zero-order valence-corrected chi connectivity index (χ0v) is 11.9. The first kappa shape index (κ1) is 15.2. The molecular formula is C12H6Cl3F3N2. The minimum absolute atomic E-state index is 0.0467. The van der Waals surface area contributed by atoms with E-state index < -0.39 is 11.7 Å². The van der Waals surface area contributed by atoms with Gasteiger partial charge in [-0.15, -0.1) is 0 Å². The average molecular weight is 342 g/mol. The summed E-state index contributed by atoms with van der Waals surface area (Å²) in [7, 11) is 0. The maximum atomic E-state index is 12.4. The lowest BCUT2D eigenvalue weighted by molar-refractivity contribution is -0.137. The topological polar surface area (TPSA) is 24.9 Å². The van der Waals surface area contributed by atoms with Gasteiger partial charge >= 0.3 is 6.18 Å². The highest BCUT2D eigenvalue weighted by Gasteiger charge is 2.29. The van der Waals surface area contributed by atoms with Crippen LogP contribution >= 0.6 is 34.8 Å². The van der Waals surface area contributed by atoms with Gasteiger partial charge in [0.1, 0.15) is 5.15 Å². The second kappa shape index (κ2) is 5.68. The Bertz CT molecular complexity index is 627. The first-order chi connectivity index (χ1) is 9.27. The van der Waals surface area contributed by atoms with Crippen LogP contribution < -0.4 is 5.32 Å². The molecule has 0 saturated heterocycles. The molecule has 106 valence electrons. The highest BCUT2D eigenvalue weighted by molar-refractivity contribution is 6.43. The van der Waals surface area contributed by atoms with Crippen molar-refractivity contribution in [3.8, 4) is 0 Å². The molecule has 0 aliphatic rings. The molecule has 1 N–H and O–H groups in total. The molecule has 0 atom stereocenters. The van der Waals surface area contributed by atoms with E-state index in [1.54, 1.807) is 0 Å². The first-order valence-electron chi connectivity index (χ1n) is 5.23. The molecule has 2 rings (SSSR count). The van der Waals surface area contributed by atoms with Crippen LogP contribution in [0.1, 0.15) is 5.56 Å². The second-order valence-corrected chi connectivity index (χ2v) is 4.96. The molecule has 0 aliphatic heterocycles. The van der Waals surface area contributed by atoms with Crippen LogP contribution in [0.5, 0.6) is 0 Å². The molecule has 1 heterocycles. The minimum Gasteiger partial charge on any atom is -0.339 e. The van der Waals surface area contributed by atoms with Gasteiger partial charge in [-0.05, 0) is 30.3 Å². The molecule has 2 aromatic rings. The third-order valence-corrected chi connectivity index (χ3v) is 3.32. The fourth-order valence-corrected chi connectivity index (χ4v) is 1.96. The fraction of sp³-hybridized carbons (Fsp3) is 0.0833. The van der Waals surface area contributed by atoms with Gasteiger partial charge in [0, 0.05) is 5.69 Å². The van der Waals surface area contributed by atoms with Crippen molar-refractivity contribution in [2.24, 2.45) is 0 Å². The minimum atomic E-state index is -4.38. The van der Waals surface area contributed by atoms with Crippen LogP contribution in [-0.4, -0.2) is 4.98 Å². The number of nitrogens with zero attached hydrogens (tertiary/aromatic N) is 1. The normalized spacial score (nSPS) is 11.5. The highest BCUT2D eigenvalue weighted by Crippen LogP contribution is 2.32. The van der Waals surface area contributed by atoms with Crippen LogP contribution in [0.3, 0.4) is 0 Å². The Kier molecular flexibility index (Phi) is 4.32. The number of pyridine rings is 1. The lowest BCUT2D eigenvalue weighted by atomic mass is 10.2. The SMILES string of the molecule is FC(F)(F)c1ccc(Nc2nc(Cl)c(Cl)cc2Cl)cc1. The molecule has 0 radical (unpaired) electrons. The van der Waals surface area contributed by atoms with Crippen molar-refractivity contribution < 1.29 is 13.2 Å². The summed E-state index contributed by atoms with van der Waals surface area (Å²) in [5.74, 6) is 0.209. The van der Waals surface area contributed by atoms with Crippen LogP contribution in [-0.2, 0) is 6.18 Å². The summed E-state index contributed by atoms with van der Waals surface area (Å²) >= 11 is 17.4. The Hall–Kier alpha value is -1.17. The number of nitrogens with one attached hydrogen (secondary N) is 1. The summed E-state index contributed by atoms with van der Waals surface area (Å²) < 4.78 is 37.3. The Morgan fingerprint density at radius 3 is 2.10 bits per heavy atom. The number of benzene rings is 1. The van der Waals surface area contributed by atoms with Crippen molar-refractivity contribution in [2.45, 2.75) is 6.18 Å². The number of anilines is 2. The van der Waals surface area contributed by atoms with E-state index in [4.69, 9.17) is 34.8 Å².